The maximum atomic E-state index is 11.8. The first-order valence-corrected chi connectivity index (χ1v) is 5.69. The van der Waals surface area contributed by atoms with Crippen LogP contribution in [0.15, 0.2) is 0 Å². The quantitative estimate of drug-likeness (QED) is 0.714. The van der Waals surface area contributed by atoms with Crippen molar-refractivity contribution in [2.45, 2.75) is 51.7 Å². The van der Waals surface area contributed by atoms with Crippen molar-refractivity contribution in [3.8, 4) is 0 Å². The monoisotopic (exact) mass is 254 g/mol. The molecule has 0 heterocycles. The number of nitrogens with one attached hydrogen (secondary N) is 2. The molecule has 0 fully saturated rings. The molecule has 2 N–H and O–H groups in total. The van der Waals surface area contributed by atoms with Gasteiger partial charge in [-0.1, -0.05) is 0 Å². The summed E-state index contributed by atoms with van der Waals surface area (Å²) in [7, 11) is 0. The first-order valence-electron chi connectivity index (χ1n) is 5.69. The third kappa shape index (κ3) is 13.2. The lowest BCUT2D eigenvalue weighted by molar-refractivity contribution is -0.135. The first kappa shape index (κ1) is 16.2. The number of carbonyl (C=O) groups is 1. The van der Waals surface area contributed by atoms with E-state index in [-0.39, 0.29) is 30.8 Å². The average molecular weight is 254 g/mol. The van der Waals surface area contributed by atoms with Crippen LogP contribution >= 0.6 is 0 Å². The highest BCUT2D eigenvalue weighted by Gasteiger charge is 2.25. The minimum absolute atomic E-state index is 0.0460. The molecule has 0 spiro atoms. The van der Waals surface area contributed by atoms with Gasteiger partial charge in [-0.25, -0.2) is 0 Å². The lowest BCUT2D eigenvalue weighted by Crippen LogP contribution is -2.41. The van der Waals surface area contributed by atoms with Gasteiger partial charge in [0.15, 0.2) is 0 Å². The lowest BCUT2D eigenvalue weighted by Gasteiger charge is -2.20. The molecule has 0 rings (SSSR count). The first-order chi connectivity index (χ1) is 7.60. The normalized spacial score (nSPS) is 12.6. The Balaban J connectivity index is 3.44. The molecular weight excluding hydrogens is 233 g/mol. The van der Waals surface area contributed by atoms with E-state index in [4.69, 9.17) is 0 Å². The second-order valence-electron chi connectivity index (χ2n) is 5.02. The third-order valence-electron chi connectivity index (χ3n) is 1.86. The molecule has 1 amide bonds. The largest absolute Gasteiger partial charge is 0.389 e. The van der Waals surface area contributed by atoms with Crippen LogP contribution in [0.4, 0.5) is 13.2 Å². The Bertz CT molecular complexity index is 234. The van der Waals surface area contributed by atoms with E-state index < -0.39 is 12.6 Å². The summed E-state index contributed by atoms with van der Waals surface area (Å²) in [4.78, 5) is 11.3. The number of hydrogen-bond donors (Lipinski definition) is 2. The molecular formula is C11H21F3N2O. The standard InChI is InChI=1S/C11H21F3N2O/c1-10(2,3)16-9(17)5-8-15-7-4-6-11(12,13)14/h15H,4-8H2,1-3H3,(H,16,17). The fourth-order valence-corrected chi connectivity index (χ4v) is 1.22. The van der Waals surface area contributed by atoms with Gasteiger partial charge in [0.25, 0.3) is 0 Å². The number of amides is 1. The smallest absolute Gasteiger partial charge is 0.351 e. The fourth-order valence-electron chi connectivity index (χ4n) is 1.22. The highest BCUT2D eigenvalue weighted by Crippen LogP contribution is 2.20. The van der Waals surface area contributed by atoms with Gasteiger partial charge in [-0.05, 0) is 33.7 Å². The van der Waals surface area contributed by atoms with E-state index in [1.165, 1.54) is 0 Å². The van der Waals surface area contributed by atoms with Crippen molar-refractivity contribution in [1.29, 1.82) is 0 Å². The Labute approximate surface area is 100 Å². The SMILES string of the molecule is CC(C)(C)NC(=O)CCNCCCC(F)(F)F. The molecule has 0 atom stereocenters. The Morgan fingerprint density at radius 2 is 1.71 bits per heavy atom. The molecule has 0 saturated heterocycles. The predicted molar refractivity (Wildman–Crippen MR) is 60.7 cm³/mol. The molecule has 0 unspecified atom stereocenters. The van der Waals surface area contributed by atoms with Crippen molar-refractivity contribution in [2.24, 2.45) is 0 Å². The van der Waals surface area contributed by atoms with Crippen molar-refractivity contribution in [3.63, 3.8) is 0 Å². The zero-order chi connectivity index (χ0) is 13.5. The van der Waals surface area contributed by atoms with Gasteiger partial charge in [-0.3, -0.25) is 4.79 Å². The number of halogens is 3. The van der Waals surface area contributed by atoms with Crippen LogP contribution in [0, 0.1) is 0 Å². The number of hydrogen-bond acceptors (Lipinski definition) is 2. The number of alkyl halides is 3. The van der Waals surface area contributed by atoms with Gasteiger partial charge in [0.1, 0.15) is 0 Å². The average Bonchev–Trinajstić information content (AvgIpc) is 2.06. The molecule has 17 heavy (non-hydrogen) atoms. The van der Waals surface area contributed by atoms with Gasteiger partial charge < -0.3 is 10.6 Å². The summed E-state index contributed by atoms with van der Waals surface area (Å²) in [5.41, 5.74) is -0.270. The van der Waals surface area contributed by atoms with Gasteiger partial charge in [0.2, 0.25) is 5.91 Å². The molecule has 0 bridgehead atoms. The predicted octanol–water partition coefficient (Wildman–Crippen LogP) is 2.22. The summed E-state index contributed by atoms with van der Waals surface area (Å²) in [6, 6.07) is 0. The van der Waals surface area contributed by atoms with Crippen LogP contribution in [0.25, 0.3) is 0 Å². The minimum atomic E-state index is -4.09. The van der Waals surface area contributed by atoms with E-state index in [0.29, 0.717) is 6.54 Å². The Kier molecular flexibility index (Phi) is 6.52. The zero-order valence-electron chi connectivity index (χ0n) is 10.6. The molecule has 0 aliphatic carbocycles. The van der Waals surface area contributed by atoms with Gasteiger partial charge in [0, 0.05) is 24.9 Å². The van der Waals surface area contributed by atoms with Crippen molar-refractivity contribution < 1.29 is 18.0 Å². The molecule has 0 radical (unpaired) electrons. The van der Waals surface area contributed by atoms with Crippen LogP contribution in [0.5, 0.6) is 0 Å². The van der Waals surface area contributed by atoms with E-state index in [0.717, 1.165) is 0 Å². The summed E-state index contributed by atoms with van der Waals surface area (Å²) in [6.07, 6.45) is -4.55. The molecule has 0 aromatic heterocycles. The van der Waals surface area contributed by atoms with Crippen molar-refractivity contribution in [3.05, 3.63) is 0 Å². The molecule has 0 aromatic rings. The summed E-state index contributed by atoms with van der Waals surface area (Å²) in [5, 5.41) is 5.59. The molecule has 0 aromatic carbocycles. The summed E-state index contributed by atoms with van der Waals surface area (Å²) >= 11 is 0. The van der Waals surface area contributed by atoms with Gasteiger partial charge in [0.05, 0.1) is 0 Å². The van der Waals surface area contributed by atoms with E-state index in [2.05, 4.69) is 10.6 Å². The third-order valence-corrected chi connectivity index (χ3v) is 1.86. The molecule has 102 valence electrons. The van der Waals surface area contributed by atoms with Crippen molar-refractivity contribution in [1.82, 2.24) is 10.6 Å². The summed E-state index contributed by atoms with van der Waals surface area (Å²) in [5.74, 6) is -0.0965. The zero-order valence-corrected chi connectivity index (χ0v) is 10.6. The minimum Gasteiger partial charge on any atom is -0.351 e. The second kappa shape index (κ2) is 6.83. The Morgan fingerprint density at radius 3 is 2.18 bits per heavy atom. The molecule has 3 nitrogen and oxygen atoms in total. The van der Waals surface area contributed by atoms with Crippen LogP contribution in [0.3, 0.4) is 0 Å². The number of rotatable bonds is 6. The van der Waals surface area contributed by atoms with Crippen molar-refractivity contribution in [2.75, 3.05) is 13.1 Å². The number of carbonyl (C=O) groups excluding carboxylic acids is 1. The topological polar surface area (TPSA) is 41.1 Å². The van der Waals surface area contributed by atoms with Crippen molar-refractivity contribution >= 4 is 5.91 Å². The van der Waals surface area contributed by atoms with Crippen LogP contribution in [-0.4, -0.2) is 30.7 Å². The summed E-state index contributed by atoms with van der Waals surface area (Å²) < 4.78 is 35.4. The molecule has 0 aliphatic heterocycles. The van der Waals surface area contributed by atoms with Crippen LogP contribution in [0.1, 0.15) is 40.0 Å². The summed E-state index contributed by atoms with van der Waals surface area (Å²) in [6.45, 7) is 6.31. The fraction of sp³-hybridized carbons (Fsp3) is 0.909. The Morgan fingerprint density at radius 1 is 1.12 bits per heavy atom. The van der Waals surface area contributed by atoms with Gasteiger partial charge in [-0.2, -0.15) is 13.2 Å². The van der Waals surface area contributed by atoms with E-state index >= 15 is 0 Å². The molecule has 6 heteroatoms. The Hall–Kier alpha value is -0.780. The molecule has 0 aliphatic rings. The van der Waals surface area contributed by atoms with Gasteiger partial charge >= 0.3 is 6.18 Å². The van der Waals surface area contributed by atoms with Crippen LogP contribution in [0.2, 0.25) is 0 Å². The highest BCUT2D eigenvalue weighted by atomic mass is 19.4. The van der Waals surface area contributed by atoms with E-state index in [1.807, 2.05) is 20.8 Å². The van der Waals surface area contributed by atoms with Gasteiger partial charge in [-0.15, -0.1) is 0 Å². The highest BCUT2D eigenvalue weighted by molar-refractivity contribution is 5.76. The maximum Gasteiger partial charge on any atom is 0.389 e. The van der Waals surface area contributed by atoms with E-state index in [9.17, 15) is 18.0 Å². The van der Waals surface area contributed by atoms with Crippen LogP contribution in [-0.2, 0) is 4.79 Å². The van der Waals surface area contributed by atoms with Crippen LogP contribution < -0.4 is 10.6 Å². The van der Waals surface area contributed by atoms with E-state index in [1.54, 1.807) is 0 Å². The maximum absolute atomic E-state index is 11.8. The molecule has 0 saturated carbocycles. The lowest BCUT2D eigenvalue weighted by atomic mass is 10.1. The second-order valence-corrected chi connectivity index (χ2v) is 5.02.